The minimum atomic E-state index is 0.000721. The van der Waals surface area contributed by atoms with Gasteiger partial charge in [-0.1, -0.05) is 41.9 Å². The SMILES string of the molecule is CCN(CC)CC(C)NC(=O)c1ccc(CBr)cc1. The van der Waals surface area contributed by atoms with Gasteiger partial charge in [-0.05, 0) is 37.7 Å². The third-order valence-electron chi connectivity index (χ3n) is 3.17. The monoisotopic (exact) mass is 326 g/mol. The van der Waals surface area contributed by atoms with Gasteiger partial charge in [-0.3, -0.25) is 4.79 Å². The van der Waals surface area contributed by atoms with Gasteiger partial charge in [0.05, 0.1) is 0 Å². The van der Waals surface area contributed by atoms with Gasteiger partial charge in [0.15, 0.2) is 0 Å². The van der Waals surface area contributed by atoms with Crippen molar-refractivity contribution in [3.05, 3.63) is 35.4 Å². The molecule has 0 aliphatic heterocycles. The zero-order valence-corrected chi connectivity index (χ0v) is 13.5. The van der Waals surface area contributed by atoms with Crippen LogP contribution in [0.2, 0.25) is 0 Å². The van der Waals surface area contributed by atoms with Crippen LogP contribution in [-0.4, -0.2) is 36.5 Å². The minimum absolute atomic E-state index is 0.000721. The second kappa shape index (κ2) is 8.33. The second-order valence-corrected chi connectivity index (χ2v) is 5.25. The van der Waals surface area contributed by atoms with Crippen LogP contribution in [0.1, 0.15) is 36.7 Å². The Morgan fingerprint density at radius 2 is 1.84 bits per heavy atom. The van der Waals surface area contributed by atoms with Crippen LogP contribution in [0.3, 0.4) is 0 Å². The maximum Gasteiger partial charge on any atom is 0.251 e. The van der Waals surface area contributed by atoms with Gasteiger partial charge in [0.1, 0.15) is 0 Å². The summed E-state index contributed by atoms with van der Waals surface area (Å²) >= 11 is 3.40. The first-order chi connectivity index (χ1) is 9.10. The Bertz CT molecular complexity index is 388. The van der Waals surface area contributed by atoms with Gasteiger partial charge in [0.25, 0.3) is 5.91 Å². The molecule has 0 bridgehead atoms. The highest BCUT2D eigenvalue weighted by Gasteiger charge is 2.11. The summed E-state index contributed by atoms with van der Waals surface area (Å²) in [5, 5.41) is 3.85. The van der Waals surface area contributed by atoms with E-state index in [2.05, 4.69) is 40.0 Å². The number of alkyl halides is 1. The molecule has 1 atom stereocenters. The lowest BCUT2D eigenvalue weighted by Crippen LogP contribution is -2.41. The van der Waals surface area contributed by atoms with Gasteiger partial charge in [0, 0.05) is 23.5 Å². The molecule has 1 N–H and O–H groups in total. The molecule has 0 fully saturated rings. The molecule has 0 spiro atoms. The summed E-state index contributed by atoms with van der Waals surface area (Å²) in [6, 6.07) is 7.84. The molecule has 0 saturated heterocycles. The van der Waals surface area contributed by atoms with Crippen molar-refractivity contribution < 1.29 is 4.79 Å². The van der Waals surface area contributed by atoms with Gasteiger partial charge in [-0.15, -0.1) is 0 Å². The molecule has 0 heterocycles. The number of rotatable bonds is 7. The Morgan fingerprint density at radius 1 is 1.26 bits per heavy atom. The van der Waals surface area contributed by atoms with E-state index in [0.717, 1.165) is 30.5 Å². The van der Waals surface area contributed by atoms with Crippen molar-refractivity contribution in [1.82, 2.24) is 10.2 Å². The van der Waals surface area contributed by atoms with Gasteiger partial charge in [-0.2, -0.15) is 0 Å². The lowest BCUT2D eigenvalue weighted by molar-refractivity contribution is 0.0930. The standard InChI is InChI=1S/C15H23BrN2O/c1-4-18(5-2)11-12(3)17-15(19)14-8-6-13(10-16)7-9-14/h6-9,12H,4-5,10-11H2,1-3H3,(H,17,19). The third kappa shape index (κ3) is 5.33. The Morgan fingerprint density at radius 3 is 2.32 bits per heavy atom. The quantitative estimate of drug-likeness (QED) is 0.781. The molecule has 19 heavy (non-hydrogen) atoms. The third-order valence-corrected chi connectivity index (χ3v) is 3.82. The Kier molecular flexibility index (Phi) is 7.10. The first-order valence-electron chi connectivity index (χ1n) is 6.78. The number of amides is 1. The number of hydrogen-bond donors (Lipinski definition) is 1. The van der Waals surface area contributed by atoms with Crippen molar-refractivity contribution in [2.45, 2.75) is 32.1 Å². The van der Waals surface area contributed by atoms with E-state index in [-0.39, 0.29) is 11.9 Å². The fourth-order valence-electron chi connectivity index (χ4n) is 1.97. The molecule has 3 nitrogen and oxygen atoms in total. The average molecular weight is 327 g/mol. The van der Waals surface area contributed by atoms with Crippen molar-refractivity contribution in [3.63, 3.8) is 0 Å². The molecule has 0 aromatic heterocycles. The van der Waals surface area contributed by atoms with Gasteiger partial charge >= 0.3 is 0 Å². The molecule has 1 aromatic rings. The number of benzene rings is 1. The van der Waals surface area contributed by atoms with Gasteiger partial charge < -0.3 is 10.2 Å². The predicted molar refractivity (Wildman–Crippen MR) is 83.8 cm³/mol. The van der Waals surface area contributed by atoms with Crippen LogP contribution in [0.25, 0.3) is 0 Å². The van der Waals surface area contributed by atoms with E-state index >= 15 is 0 Å². The fourth-order valence-corrected chi connectivity index (χ4v) is 2.34. The number of carbonyl (C=O) groups is 1. The van der Waals surface area contributed by atoms with E-state index in [4.69, 9.17) is 0 Å². The molecule has 106 valence electrons. The molecule has 0 aliphatic rings. The molecule has 4 heteroatoms. The highest BCUT2D eigenvalue weighted by atomic mass is 79.9. The van der Waals surface area contributed by atoms with Gasteiger partial charge in [0.2, 0.25) is 0 Å². The molecule has 1 unspecified atom stereocenters. The average Bonchev–Trinajstić information content (AvgIpc) is 2.44. The van der Waals surface area contributed by atoms with Crippen LogP contribution in [0.15, 0.2) is 24.3 Å². The van der Waals surface area contributed by atoms with E-state index in [0.29, 0.717) is 0 Å². The van der Waals surface area contributed by atoms with Gasteiger partial charge in [-0.25, -0.2) is 0 Å². The van der Waals surface area contributed by atoms with Crippen LogP contribution in [0, 0.1) is 0 Å². The number of carbonyl (C=O) groups excluding carboxylic acids is 1. The summed E-state index contributed by atoms with van der Waals surface area (Å²) < 4.78 is 0. The summed E-state index contributed by atoms with van der Waals surface area (Å²) in [5.41, 5.74) is 1.89. The number of nitrogens with one attached hydrogen (secondary N) is 1. The summed E-state index contributed by atoms with van der Waals surface area (Å²) in [6.45, 7) is 9.22. The molecule has 0 radical (unpaired) electrons. The molecular formula is C15H23BrN2O. The largest absolute Gasteiger partial charge is 0.348 e. The van der Waals surface area contributed by atoms with E-state index in [1.165, 1.54) is 5.56 Å². The number of hydrogen-bond acceptors (Lipinski definition) is 2. The van der Waals surface area contributed by atoms with E-state index in [9.17, 15) is 4.79 Å². The number of halogens is 1. The Labute approximate surface area is 124 Å². The van der Waals surface area contributed by atoms with Crippen molar-refractivity contribution in [2.24, 2.45) is 0 Å². The maximum atomic E-state index is 12.1. The van der Waals surface area contributed by atoms with Crippen molar-refractivity contribution in [2.75, 3.05) is 19.6 Å². The minimum Gasteiger partial charge on any atom is -0.348 e. The first kappa shape index (κ1) is 16.2. The first-order valence-corrected chi connectivity index (χ1v) is 7.90. The molecule has 0 aliphatic carbocycles. The highest BCUT2D eigenvalue weighted by Crippen LogP contribution is 2.08. The maximum absolute atomic E-state index is 12.1. The smallest absolute Gasteiger partial charge is 0.251 e. The van der Waals surface area contributed by atoms with Crippen LogP contribution < -0.4 is 5.32 Å². The van der Waals surface area contributed by atoms with Crippen LogP contribution in [0.5, 0.6) is 0 Å². The van der Waals surface area contributed by atoms with Crippen LogP contribution in [0.4, 0.5) is 0 Å². The topological polar surface area (TPSA) is 32.3 Å². The summed E-state index contributed by atoms with van der Waals surface area (Å²) in [7, 11) is 0. The Balaban J connectivity index is 2.53. The summed E-state index contributed by atoms with van der Waals surface area (Å²) in [4.78, 5) is 14.4. The Hall–Kier alpha value is -0.870. The summed E-state index contributed by atoms with van der Waals surface area (Å²) in [6.07, 6.45) is 0. The molecule has 0 saturated carbocycles. The number of likely N-dealkylation sites (N-methyl/N-ethyl adjacent to an activating group) is 1. The van der Waals surface area contributed by atoms with E-state index in [1.807, 2.05) is 31.2 Å². The van der Waals surface area contributed by atoms with E-state index in [1.54, 1.807) is 0 Å². The van der Waals surface area contributed by atoms with Crippen molar-refractivity contribution in [1.29, 1.82) is 0 Å². The predicted octanol–water partition coefficient (Wildman–Crippen LogP) is 3.04. The van der Waals surface area contributed by atoms with Crippen LogP contribution in [-0.2, 0) is 5.33 Å². The van der Waals surface area contributed by atoms with Crippen LogP contribution >= 0.6 is 15.9 Å². The zero-order chi connectivity index (χ0) is 14.3. The highest BCUT2D eigenvalue weighted by molar-refractivity contribution is 9.08. The lowest BCUT2D eigenvalue weighted by Gasteiger charge is -2.23. The fraction of sp³-hybridized carbons (Fsp3) is 0.533. The second-order valence-electron chi connectivity index (χ2n) is 4.69. The molecule has 1 rings (SSSR count). The zero-order valence-electron chi connectivity index (χ0n) is 11.9. The van der Waals surface area contributed by atoms with E-state index < -0.39 is 0 Å². The number of nitrogens with zero attached hydrogens (tertiary/aromatic N) is 1. The molecule has 1 amide bonds. The summed E-state index contributed by atoms with van der Waals surface area (Å²) in [5.74, 6) is 0.000721. The molecule has 1 aromatic carbocycles. The normalized spacial score (nSPS) is 12.5. The molecular weight excluding hydrogens is 304 g/mol. The lowest BCUT2D eigenvalue weighted by atomic mass is 10.1. The van der Waals surface area contributed by atoms with Crippen molar-refractivity contribution >= 4 is 21.8 Å². The van der Waals surface area contributed by atoms with Crippen molar-refractivity contribution in [3.8, 4) is 0 Å².